The zero-order valence-electron chi connectivity index (χ0n) is 13.8. The molecule has 21 heavy (non-hydrogen) atoms. The van der Waals surface area contributed by atoms with Crippen LogP contribution in [-0.2, 0) is 0 Å². The van der Waals surface area contributed by atoms with Gasteiger partial charge in [0.05, 0.1) is 11.1 Å². The molecule has 4 heteroatoms. The van der Waals surface area contributed by atoms with Gasteiger partial charge in [-0.25, -0.2) is 0 Å². The van der Waals surface area contributed by atoms with E-state index in [-0.39, 0.29) is 11.1 Å². The Kier molecular flexibility index (Phi) is 4.59. The maximum Gasteiger partial charge on any atom is 0.171 e. The molecule has 0 amide bonds. The quantitative estimate of drug-likeness (QED) is 0.736. The van der Waals surface area contributed by atoms with Gasteiger partial charge in [0.25, 0.3) is 0 Å². The summed E-state index contributed by atoms with van der Waals surface area (Å²) in [6.45, 7) is 11.3. The van der Waals surface area contributed by atoms with E-state index in [9.17, 15) is 0 Å². The lowest BCUT2D eigenvalue weighted by Gasteiger charge is -2.43. The van der Waals surface area contributed by atoms with Crippen LogP contribution in [0.15, 0.2) is 24.3 Å². The zero-order chi connectivity index (χ0) is 15.7. The molecular weight excluding hydrogens is 278 g/mol. The van der Waals surface area contributed by atoms with Crippen LogP contribution in [0.2, 0.25) is 0 Å². The van der Waals surface area contributed by atoms with Gasteiger partial charge in [0.2, 0.25) is 0 Å². The first-order valence-electron chi connectivity index (χ1n) is 7.67. The van der Waals surface area contributed by atoms with Crippen molar-refractivity contribution in [2.24, 2.45) is 0 Å². The molecule has 3 nitrogen and oxygen atoms in total. The highest BCUT2D eigenvalue weighted by Gasteiger charge is 2.41. The first-order valence-corrected chi connectivity index (χ1v) is 8.07. The minimum absolute atomic E-state index is 0.248. The average molecular weight is 306 g/mol. The first kappa shape index (κ1) is 16.2. The molecule has 0 saturated carbocycles. The molecular formula is C17H28N3S+. The van der Waals surface area contributed by atoms with Crippen molar-refractivity contribution >= 4 is 23.0 Å². The van der Waals surface area contributed by atoms with Gasteiger partial charge in [-0.15, -0.1) is 0 Å². The van der Waals surface area contributed by atoms with E-state index in [1.54, 1.807) is 0 Å². The number of hydrogen-bond acceptors (Lipinski definition) is 1. The average Bonchev–Trinajstić information content (AvgIpc) is 2.23. The third kappa shape index (κ3) is 4.97. The molecule has 1 saturated heterocycles. The molecule has 0 aliphatic carbocycles. The Labute approximate surface area is 133 Å². The molecule has 1 fully saturated rings. The van der Waals surface area contributed by atoms with Crippen molar-refractivity contribution in [1.82, 2.24) is 5.32 Å². The number of nitrogens with one attached hydrogen (secondary N) is 2. The molecule has 0 unspecified atom stereocenters. The molecule has 4 N–H and O–H groups in total. The third-order valence-corrected chi connectivity index (χ3v) is 4.16. The molecule has 2 rings (SSSR count). The van der Waals surface area contributed by atoms with Crippen molar-refractivity contribution in [2.45, 2.75) is 64.6 Å². The molecule has 0 bridgehead atoms. The fourth-order valence-electron chi connectivity index (χ4n) is 3.70. The predicted molar refractivity (Wildman–Crippen MR) is 93.6 cm³/mol. The maximum absolute atomic E-state index is 5.48. The first-order chi connectivity index (χ1) is 9.65. The second-order valence-corrected chi connectivity index (χ2v) is 8.10. The smallest absolute Gasteiger partial charge is 0.171 e. The molecule has 1 aromatic rings. The number of piperidine rings is 1. The molecule has 0 atom stereocenters. The van der Waals surface area contributed by atoms with Crippen LogP contribution in [0.3, 0.4) is 0 Å². The van der Waals surface area contributed by atoms with E-state index in [1.165, 1.54) is 5.56 Å². The van der Waals surface area contributed by atoms with Crippen LogP contribution in [0.4, 0.5) is 5.69 Å². The number of thiocarbonyl (C=S) groups is 1. The lowest BCUT2D eigenvalue weighted by atomic mass is 9.80. The van der Waals surface area contributed by atoms with Crippen molar-refractivity contribution in [2.75, 3.05) is 5.32 Å². The SMILES string of the molecule is Cc1cccc(NC(=S)NC2CC(C)(C)[NH2+]C(C)(C)C2)c1. The molecule has 0 radical (unpaired) electrons. The second kappa shape index (κ2) is 5.93. The standard InChI is InChI=1S/C17H27N3S/c1-12-7-6-8-13(9-12)18-15(21)19-14-10-16(2,3)20-17(4,5)11-14/h6-9,14,20H,10-11H2,1-5H3,(H2,18,19,21)/p+1. The fourth-order valence-corrected chi connectivity index (χ4v) is 3.98. The highest BCUT2D eigenvalue weighted by Crippen LogP contribution is 2.22. The largest absolute Gasteiger partial charge is 0.359 e. The summed E-state index contributed by atoms with van der Waals surface area (Å²) in [7, 11) is 0. The molecule has 0 aromatic heterocycles. The summed E-state index contributed by atoms with van der Waals surface area (Å²) >= 11 is 5.48. The Morgan fingerprint density at radius 3 is 2.38 bits per heavy atom. The Morgan fingerprint density at radius 1 is 1.19 bits per heavy atom. The Morgan fingerprint density at radius 2 is 1.81 bits per heavy atom. The number of aryl methyl sites for hydroxylation is 1. The van der Waals surface area contributed by atoms with Gasteiger partial charge in [-0.1, -0.05) is 12.1 Å². The van der Waals surface area contributed by atoms with Crippen molar-refractivity contribution in [3.05, 3.63) is 29.8 Å². The van der Waals surface area contributed by atoms with E-state index in [1.807, 2.05) is 12.1 Å². The van der Waals surface area contributed by atoms with E-state index < -0.39 is 0 Å². The van der Waals surface area contributed by atoms with Crippen LogP contribution < -0.4 is 16.0 Å². The third-order valence-electron chi connectivity index (χ3n) is 3.94. The van der Waals surface area contributed by atoms with Crippen molar-refractivity contribution in [3.8, 4) is 0 Å². The van der Waals surface area contributed by atoms with Gasteiger partial charge >= 0.3 is 0 Å². The number of benzene rings is 1. The van der Waals surface area contributed by atoms with Crippen LogP contribution >= 0.6 is 12.2 Å². The van der Waals surface area contributed by atoms with Gasteiger partial charge in [0, 0.05) is 24.6 Å². The van der Waals surface area contributed by atoms with Gasteiger partial charge in [-0.3, -0.25) is 0 Å². The van der Waals surface area contributed by atoms with Crippen molar-refractivity contribution in [3.63, 3.8) is 0 Å². The fraction of sp³-hybridized carbons (Fsp3) is 0.588. The number of hydrogen-bond donors (Lipinski definition) is 3. The number of nitrogens with two attached hydrogens (primary N) is 1. The van der Waals surface area contributed by atoms with E-state index >= 15 is 0 Å². The predicted octanol–water partition coefficient (Wildman–Crippen LogP) is 2.56. The molecule has 1 aromatic carbocycles. The normalized spacial score (nSPS) is 20.8. The molecule has 1 heterocycles. The summed E-state index contributed by atoms with van der Waals surface area (Å²) in [6.07, 6.45) is 2.23. The summed E-state index contributed by atoms with van der Waals surface area (Å²) in [5, 5.41) is 10.00. The summed E-state index contributed by atoms with van der Waals surface area (Å²) in [5.41, 5.74) is 2.78. The van der Waals surface area contributed by atoms with E-state index in [0.717, 1.165) is 23.6 Å². The van der Waals surface area contributed by atoms with Gasteiger partial charge in [-0.05, 0) is 64.5 Å². The van der Waals surface area contributed by atoms with Gasteiger partial charge in [0.1, 0.15) is 0 Å². The highest BCUT2D eigenvalue weighted by atomic mass is 32.1. The van der Waals surface area contributed by atoms with Crippen LogP contribution in [0.1, 0.15) is 46.1 Å². The summed E-state index contributed by atoms with van der Waals surface area (Å²) in [5.74, 6) is 0. The number of anilines is 1. The highest BCUT2D eigenvalue weighted by molar-refractivity contribution is 7.80. The lowest BCUT2D eigenvalue weighted by Crippen LogP contribution is -3.06. The summed E-state index contributed by atoms with van der Waals surface area (Å²) in [4.78, 5) is 0. The number of rotatable bonds is 2. The maximum atomic E-state index is 5.48. The lowest BCUT2D eigenvalue weighted by molar-refractivity contribution is -0.787. The van der Waals surface area contributed by atoms with E-state index in [0.29, 0.717) is 6.04 Å². The topological polar surface area (TPSA) is 40.7 Å². The summed E-state index contributed by atoms with van der Waals surface area (Å²) < 4.78 is 0. The molecule has 116 valence electrons. The Balaban J connectivity index is 1.96. The number of quaternary nitrogens is 1. The van der Waals surface area contributed by atoms with Crippen molar-refractivity contribution < 1.29 is 5.32 Å². The van der Waals surface area contributed by atoms with Crippen LogP contribution in [0.25, 0.3) is 0 Å². The molecule has 1 aliphatic rings. The molecule has 1 aliphatic heterocycles. The minimum atomic E-state index is 0.248. The van der Waals surface area contributed by atoms with Crippen LogP contribution in [0.5, 0.6) is 0 Å². The van der Waals surface area contributed by atoms with E-state index in [4.69, 9.17) is 12.2 Å². The zero-order valence-corrected chi connectivity index (χ0v) is 14.6. The minimum Gasteiger partial charge on any atom is -0.359 e. The Hall–Kier alpha value is -1.13. The van der Waals surface area contributed by atoms with Gasteiger partial charge in [-0.2, -0.15) is 0 Å². The van der Waals surface area contributed by atoms with E-state index in [2.05, 4.69) is 62.7 Å². The van der Waals surface area contributed by atoms with Gasteiger partial charge in [0.15, 0.2) is 5.11 Å². The summed E-state index contributed by atoms with van der Waals surface area (Å²) in [6, 6.07) is 8.70. The second-order valence-electron chi connectivity index (χ2n) is 7.69. The van der Waals surface area contributed by atoms with Crippen molar-refractivity contribution in [1.29, 1.82) is 0 Å². The van der Waals surface area contributed by atoms with Gasteiger partial charge < -0.3 is 16.0 Å². The van der Waals surface area contributed by atoms with Crippen LogP contribution in [-0.4, -0.2) is 22.2 Å². The van der Waals surface area contributed by atoms with Crippen LogP contribution in [0, 0.1) is 6.92 Å². The Bertz CT molecular complexity index is 507. The monoisotopic (exact) mass is 306 g/mol. The molecule has 0 spiro atoms.